The second kappa shape index (κ2) is 9.65. The van der Waals surface area contributed by atoms with E-state index in [0.29, 0.717) is 18.4 Å². The van der Waals surface area contributed by atoms with Crippen molar-refractivity contribution in [1.82, 2.24) is 14.8 Å². The Labute approximate surface area is 192 Å². The number of benzene rings is 2. The Hall–Kier alpha value is -3.00. The van der Waals surface area contributed by atoms with Crippen molar-refractivity contribution in [2.75, 3.05) is 24.3 Å². The molecule has 0 fully saturated rings. The molecule has 0 bridgehead atoms. The summed E-state index contributed by atoms with van der Waals surface area (Å²) in [6.45, 7) is 9.43. The van der Waals surface area contributed by atoms with Crippen LogP contribution in [0.2, 0.25) is 0 Å². The van der Waals surface area contributed by atoms with Crippen molar-refractivity contribution in [3.05, 3.63) is 47.5 Å². The summed E-state index contributed by atoms with van der Waals surface area (Å²) in [7, 11) is 0. The number of fused-ring (bicyclic) bond motifs is 1. The van der Waals surface area contributed by atoms with Gasteiger partial charge in [0.15, 0.2) is 22.5 Å². The first-order valence-corrected chi connectivity index (χ1v) is 11.8. The lowest BCUT2D eigenvalue weighted by Crippen LogP contribution is -2.16. The van der Waals surface area contributed by atoms with Crippen LogP contribution in [-0.4, -0.2) is 39.6 Å². The van der Waals surface area contributed by atoms with Crippen molar-refractivity contribution in [3.63, 3.8) is 0 Å². The van der Waals surface area contributed by atoms with Gasteiger partial charge in [-0.05, 0) is 57.0 Å². The molecule has 8 heteroatoms. The van der Waals surface area contributed by atoms with Crippen molar-refractivity contribution >= 4 is 23.4 Å². The van der Waals surface area contributed by atoms with Crippen molar-refractivity contribution < 1.29 is 14.3 Å². The van der Waals surface area contributed by atoms with Gasteiger partial charge in [0, 0.05) is 23.7 Å². The van der Waals surface area contributed by atoms with Crippen LogP contribution in [0.1, 0.15) is 37.4 Å². The first kappa shape index (κ1) is 22.2. The zero-order valence-corrected chi connectivity index (χ0v) is 19.7. The van der Waals surface area contributed by atoms with Crippen LogP contribution < -0.4 is 14.8 Å². The predicted octanol–water partition coefficient (Wildman–Crippen LogP) is 5.03. The summed E-state index contributed by atoms with van der Waals surface area (Å²) in [5.74, 6) is 2.40. The molecule has 0 atom stereocenters. The quantitative estimate of drug-likeness (QED) is 0.528. The standard InChI is InChI=1S/C24H28N4O3S/c1-15(2)28-23(18-9-10-19-20(13-18)31-12-6-11-30-19)26-27-24(28)32-14-21(29)25-22-16(3)7-5-8-17(22)4/h5,7-10,13,15H,6,11-12,14H2,1-4H3,(H,25,29). The number of ether oxygens (including phenoxy) is 2. The molecule has 1 aliphatic rings. The highest BCUT2D eigenvalue weighted by atomic mass is 32.2. The topological polar surface area (TPSA) is 78.3 Å². The maximum atomic E-state index is 12.6. The van der Waals surface area contributed by atoms with Gasteiger partial charge < -0.3 is 14.8 Å². The lowest BCUT2D eigenvalue weighted by atomic mass is 10.1. The number of anilines is 1. The van der Waals surface area contributed by atoms with Gasteiger partial charge >= 0.3 is 0 Å². The third-order valence-electron chi connectivity index (χ3n) is 5.26. The largest absolute Gasteiger partial charge is 0.490 e. The molecule has 0 spiro atoms. The van der Waals surface area contributed by atoms with Crippen LogP contribution in [0, 0.1) is 13.8 Å². The third-order valence-corrected chi connectivity index (χ3v) is 6.21. The number of nitrogens with one attached hydrogen (secondary N) is 1. The summed E-state index contributed by atoms with van der Waals surface area (Å²) < 4.78 is 13.6. The number of carbonyl (C=O) groups excluding carboxylic acids is 1. The second-order valence-electron chi connectivity index (χ2n) is 8.09. The van der Waals surface area contributed by atoms with Gasteiger partial charge in [-0.25, -0.2) is 0 Å². The third kappa shape index (κ3) is 4.75. The zero-order valence-electron chi connectivity index (χ0n) is 18.8. The van der Waals surface area contributed by atoms with Crippen LogP contribution in [-0.2, 0) is 4.79 Å². The van der Waals surface area contributed by atoms with Gasteiger partial charge in [-0.15, -0.1) is 10.2 Å². The first-order valence-electron chi connectivity index (χ1n) is 10.8. The number of aromatic nitrogens is 3. The summed E-state index contributed by atoms with van der Waals surface area (Å²) in [6.07, 6.45) is 0.858. The summed E-state index contributed by atoms with van der Waals surface area (Å²) in [5, 5.41) is 12.6. The van der Waals surface area contributed by atoms with Gasteiger partial charge in [0.2, 0.25) is 5.91 Å². The average molecular weight is 453 g/mol. The minimum Gasteiger partial charge on any atom is -0.490 e. The Bertz CT molecular complexity index is 1110. The monoisotopic (exact) mass is 452 g/mol. The average Bonchev–Trinajstić information content (AvgIpc) is 3.05. The van der Waals surface area contributed by atoms with E-state index in [-0.39, 0.29) is 17.7 Å². The van der Waals surface area contributed by atoms with Crippen LogP contribution in [0.25, 0.3) is 11.4 Å². The number of aryl methyl sites for hydroxylation is 2. The van der Waals surface area contributed by atoms with Crippen LogP contribution in [0.5, 0.6) is 11.5 Å². The van der Waals surface area contributed by atoms with Gasteiger partial charge in [0.1, 0.15) is 0 Å². The normalized spacial score (nSPS) is 13.2. The Balaban J connectivity index is 1.52. The molecule has 3 aromatic rings. The fourth-order valence-corrected chi connectivity index (χ4v) is 4.52. The van der Waals surface area contributed by atoms with Gasteiger partial charge in [-0.2, -0.15) is 0 Å². The molecule has 0 saturated carbocycles. The molecular weight excluding hydrogens is 424 g/mol. The van der Waals surface area contributed by atoms with Gasteiger partial charge in [0.25, 0.3) is 0 Å². The fourth-order valence-electron chi connectivity index (χ4n) is 3.66. The van der Waals surface area contributed by atoms with Crippen LogP contribution in [0.4, 0.5) is 5.69 Å². The fraction of sp³-hybridized carbons (Fsp3) is 0.375. The molecule has 0 radical (unpaired) electrons. The van der Waals surface area contributed by atoms with E-state index < -0.39 is 0 Å². The lowest BCUT2D eigenvalue weighted by molar-refractivity contribution is -0.113. The molecule has 7 nitrogen and oxygen atoms in total. The van der Waals surface area contributed by atoms with E-state index in [1.54, 1.807) is 0 Å². The van der Waals surface area contributed by atoms with E-state index in [2.05, 4.69) is 33.9 Å². The molecule has 2 aromatic carbocycles. The summed E-state index contributed by atoms with van der Waals surface area (Å²) in [6, 6.07) is 11.9. The number of hydrogen-bond donors (Lipinski definition) is 1. The lowest BCUT2D eigenvalue weighted by Gasteiger charge is -2.15. The summed E-state index contributed by atoms with van der Waals surface area (Å²) in [5.41, 5.74) is 3.87. The minimum absolute atomic E-state index is 0.0668. The molecule has 2 heterocycles. The zero-order chi connectivity index (χ0) is 22.7. The van der Waals surface area contributed by atoms with E-state index >= 15 is 0 Å². The van der Waals surface area contributed by atoms with Gasteiger partial charge in [-0.1, -0.05) is 30.0 Å². The van der Waals surface area contributed by atoms with Crippen LogP contribution >= 0.6 is 11.8 Å². The maximum Gasteiger partial charge on any atom is 0.234 e. The Morgan fingerprint density at radius 1 is 1.09 bits per heavy atom. The molecule has 1 amide bonds. The van der Waals surface area contributed by atoms with Crippen molar-refractivity contribution in [2.45, 2.75) is 45.3 Å². The molecule has 0 unspecified atom stereocenters. The molecule has 4 rings (SSSR count). The van der Waals surface area contributed by atoms with Crippen LogP contribution in [0.3, 0.4) is 0 Å². The van der Waals surface area contributed by atoms with E-state index in [1.807, 2.05) is 50.2 Å². The number of thioether (sulfide) groups is 1. The van der Waals surface area contributed by atoms with Gasteiger partial charge in [0.05, 0.1) is 19.0 Å². The SMILES string of the molecule is Cc1cccc(C)c1NC(=O)CSc1nnc(-c2ccc3c(c2)OCCCO3)n1C(C)C. The number of hydrogen-bond acceptors (Lipinski definition) is 6. The highest BCUT2D eigenvalue weighted by Crippen LogP contribution is 2.35. The van der Waals surface area contributed by atoms with Crippen LogP contribution in [0.15, 0.2) is 41.6 Å². The predicted molar refractivity (Wildman–Crippen MR) is 127 cm³/mol. The molecule has 1 N–H and O–H groups in total. The van der Waals surface area contributed by atoms with Gasteiger partial charge in [-0.3, -0.25) is 9.36 Å². The van der Waals surface area contributed by atoms with E-state index in [9.17, 15) is 4.79 Å². The Kier molecular flexibility index (Phi) is 6.69. The van der Waals surface area contributed by atoms with E-state index in [4.69, 9.17) is 9.47 Å². The molecular formula is C24H28N4O3S. The van der Waals surface area contributed by atoms with Crippen molar-refractivity contribution in [3.8, 4) is 22.9 Å². The molecule has 0 saturated heterocycles. The molecule has 1 aromatic heterocycles. The highest BCUT2D eigenvalue weighted by Gasteiger charge is 2.20. The number of carbonyl (C=O) groups is 1. The molecule has 168 valence electrons. The number of nitrogens with zero attached hydrogens (tertiary/aromatic N) is 3. The molecule has 1 aliphatic heterocycles. The Morgan fingerprint density at radius 3 is 2.53 bits per heavy atom. The highest BCUT2D eigenvalue weighted by molar-refractivity contribution is 7.99. The van der Waals surface area contributed by atoms with Crippen molar-refractivity contribution in [2.24, 2.45) is 0 Å². The maximum absolute atomic E-state index is 12.6. The van der Waals surface area contributed by atoms with E-state index in [0.717, 1.165) is 46.1 Å². The number of amides is 1. The smallest absolute Gasteiger partial charge is 0.234 e. The van der Waals surface area contributed by atoms with E-state index in [1.165, 1.54) is 11.8 Å². The first-order chi connectivity index (χ1) is 15.4. The molecule has 32 heavy (non-hydrogen) atoms. The number of rotatable bonds is 6. The number of para-hydroxylation sites is 1. The summed E-state index contributed by atoms with van der Waals surface area (Å²) in [4.78, 5) is 12.6. The van der Waals surface area contributed by atoms with Crippen molar-refractivity contribution in [1.29, 1.82) is 0 Å². The minimum atomic E-state index is -0.0668. The second-order valence-corrected chi connectivity index (χ2v) is 9.03. The Morgan fingerprint density at radius 2 is 1.81 bits per heavy atom. The summed E-state index contributed by atoms with van der Waals surface area (Å²) >= 11 is 1.38. The molecule has 0 aliphatic carbocycles.